The van der Waals surface area contributed by atoms with Gasteiger partial charge >= 0.3 is 0 Å². The average molecular weight is 270 g/mol. The van der Waals surface area contributed by atoms with Crippen molar-refractivity contribution in [2.45, 2.75) is 13.1 Å². The number of rotatable bonds is 4. The van der Waals surface area contributed by atoms with E-state index in [4.69, 9.17) is 0 Å². The highest BCUT2D eigenvalue weighted by molar-refractivity contribution is 7.80. The summed E-state index contributed by atoms with van der Waals surface area (Å²) in [5, 5.41) is 5.88. The lowest BCUT2D eigenvalue weighted by atomic mass is 10.1. The highest BCUT2D eigenvalue weighted by atomic mass is 32.1. The zero-order valence-electron chi connectivity index (χ0n) is 11.1. The van der Waals surface area contributed by atoms with Crippen LogP contribution < -0.4 is 5.32 Å². The van der Waals surface area contributed by atoms with Gasteiger partial charge in [0.25, 0.3) is 0 Å². The summed E-state index contributed by atoms with van der Waals surface area (Å²) in [5.41, 5.74) is 3.92. The SMILES string of the molecule is CNCc1ccc2c(c1)c1ccccc1n2CCS. The van der Waals surface area contributed by atoms with Crippen LogP contribution in [0, 0.1) is 0 Å². The quantitative estimate of drug-likeness (QED) is 0.694. The molecule has 1 heterocycles. The van der Waals surface area contributed by atoms with E-state index in [0.717, 1.165) is 18.8 Å². The largest absolute Gasteiger partial charge is 0.340 e. The van der Waals surface area contributed by atoms with Crippen LogP contribution in [0.4, 0.5) is 0 Å². The fourth-order valence-electron chi connectivity index (χ4n) is 2.76. The van der Waals surface area contributed by atoms with Crippen molar-refractivity contribution in [1.29, 1.82) is 0 Å². The Hall–Kier alpha value is -1.45. The van der Waals surface area contributed by atoms with Gasteiger partial charge in [-0.1, -0.05) is 24.3 Å². The van der Waals surface area contributed by atoms with Crippen molar-refractivity contribution in [3.63, 3.8) is 0 Å². The number of nitrogens with zero attached hydrogens (tertiary/aromatic N) is 1. The number of nitrogens with one attached hydrogen (secondary N) is 1. The number of aryl methyl sites for hydroxylation is 1. The highest BCUT2D eigenvalue weighted by Crippen LogP contribution is 2.29. The molecule has 0 atom stereocenters. The molecule has 0 saturated heterocycles. The number of thiol groups is 1. The molecule has 0 bridgehead atoms. The van der Waals surface area contributed by atoms with Gasteiger partial charge in [-0.2, -0.15) is 12.6 Å². The average Bonchev–Trinajstić information content (AvgIpc) is 2.75. The molecule has 3 rings (SSSR count). The van der Waals surface area contributed by atoms with Crippen LogP contribution in [0.3, 0.4) is 0 Å². The molecule has 3 heteroatoms. The Kier molecular flexibility index (Phi) is 3.49. The van der Waals surface area contributed by atoms with E-state index in [0.29, 0.717) is 0 Å². The van der Waals surface area contributed by atoms with Crippen LogP contribution in [0.1, 0.15) is 5.56 Å². The highest BCUT2D eigenvalue weighted by Gasteiger charge is 2.09. The van der Waals surface area contributed by atoms with E-state index in [1.807, 2.05) is 7.05 Å². The summed E-state index contributed by atoms with van der Waals surface area (Å²) >= 11 is 4.38. The van der Waals surface area contributed by atoms with Gasteiger partial charge in [0, 0.05) is 40.6 Å². The standard InChI is InChI=1S/C16H18N2S/c1-17-11-12-6-7-16-14(10-12)13-4-2-3-5-15(13)18(16)8-9-19/h2-7,10,17,19H,8-9,11H2,1H3. The van der Waals surface area contributed by atoms with E-state index in [1.165, 1.54) is 27.4 Å². The summed E-state index contributed by atoms with van der Waals surface area (Å²) in [5.74, 6) is 0.853. The van der Waals surface area contributed by atoms with E-state index < -0.39 is 0 Å². The monoisotopic (exact) mass is 270 g/mol. The Morgan fingerprint density at radius 2 is 1.84 bits per heavy atom. The number of fused-ring (bicyclic) bond motifs is 3. The normalized spacial score (nSPS) is 11.5. The van der Waals surface area contributed by atoms with Gasteiger partial charge in [0.1, 0.15) is 0 Å². The topological polar surface area (TPSA) is 17.0 Å². The second kappa shape index (κ2) is 5.27. The molecular weight excluding hydrogens is 252 g/mol. The van der Waals surface area contributed by atoms with Crippen molar-refractivity contribution in [3.05, 3.63) is 48.0 Å². The minimum atomic E-state index is 0.853. The van der Waals surface area contributed by atoms with Crippen molar-refractivity contribution in [2.75, 3.05) is 12.8 Å². The Morgan fingerprint density at radius 1 is 1.05 bits per heavy atom. The van der Waals surface area contributed by atoms with Gasteiger partial charge in [-0.05, 0) is 30.8 Å². The molecule has 0 saturated carbocycles. The van der Waals surface area contributed by atoms with Crippen molar-refractivity contribution >= 4 is 34.4 Å². The first-order valence-electron chi connectivity index (χ1n) is 6.60. The van der Waals surface area contributed by atoms with E-state index in [1.54, 1.807) is 0 Å². The first-order chi connectivity index (χ1) is 9.35. The Balaban J connectivity index is 2.32. The summed E-state index contributed by atoms with van der Waals surface area (Å²) in [6.45, 7) is 1.85. The van der Waals surface area contributed by atoms with Gasteiger partial charge in [-0.25, -0.2) is 0 Å². The van der Waals surface area contributed by atoms with Crippen LogP contribution in [0.5, 0.6) is 0 Å². The smallest absolute Gasteiger partial charge is 0.0491 e. The van der Waals surface area contributed by atoms with Gasteiger partial charge in [0.15, 0.2) is 0 Å². The summed E-state index contributed by atoms with van der Waals surface area (Å²) < 4.78 is 2.36. The summed E-state index contributed by atoms with van der Waals surface area (Å²) in [6, 6.07) is 15.3. The predicted molar refractivity (Wildman–Crippen MR) is 86.1 cm³/mol. The summed E-state index contributed by atoms with van der Waals surface area (Å²) in [6.07, 6.45) is 0. The van der Waals surface area contributed by atoms with Gasteiger partial charge < -0.3 is 9.88 Å². The van der Waals surface area contributed by atoms with Crippen LogP contribution in [-0.4, -0.2) is 17.4 Å². The second-order valence-electron chi connectivity index (χ2n) is 4.77. The number of aromatic nitrogens is 1. The second-order valence-corrected chi connectivity index (χ2v) is 5.22. The minimum absolute atomic E-state index is 0.853. The molecule has 0 aliphatic heterocycles. The fraction of sp³-hybridized carbons (Fsp3) is 0.250. The van der Waals surface area contributed by atoms with Crippen LogP contribution >= 0.6 is 12.6 Å². The fourth-order valence-corrected chi connectivity index (χ4v) is 2.96. The molecule has 2 nitrogen and oxygen atoms in total. The number of hydrogen-bond acceptors (Lipinski definition) is 2. The molecule has 0 aliphatic rings. The van der Waals surface area contributed by atoms with Crippen molar-refractivity contribution < 1.29 is 0 Å². The summed E-state index contributed by atoms with van der Waals surface area (Å²) in [4.78, 5) is 0. The number of hydrogen-bond donors (Lipinski definition) is 2. The molecule has 19 heavy (non-hydrogen) atoms. The van der Waals surface area contributed by atoms with Gasteiger partial charge in [0.2, 0.25) is 0 Å². The van der Waals surface area contributed by atoms with E-state index in [2.05, 4.69) is 65.0 Å². The van der Waals surface area contributed by atoms with Gasteiger partial charge in [0.05, 0.1) is 0 Å². The molecule has 1 N–H and O–H groups in total. The van der Waals surface area contributed by atoms with Crippen molar-refractivity contribution in [2.24, 2.45) is 0 Å². The molecule has 3 aromatic rings. The maximum atomic E-state index is 4.38. The molecule has 2 aromatic carbocycles. The van der Waals surface area contributed by atoms with Crippen LogP contribution in [-0.2, 0) is 13.1 Å². The molecule has 0 spiro atoms. The van der Waals surface area contributed by atoms with E-state index in [9.17, 15) is 0 Å². The zero-order valence-corrected chi connectivity index (χ0v) is 12.0. The van der Waals surface area contributed by atoms with Crippen molar-refractivity contribution in [3.8, 4) is 0 Å². The van der Waals surface area contributed by atoms with E-state index in [-0.39, 0.29) is 0 Å². The Labute approximate surface area is 118 Å². The maximum Gasteiger partial charge on any atom is 0.0491 e. The number of benzene rings is 2. The zero-order chi connectivity index (χ0) is 13.2. The van der Waals surface area contributed by atoms with Crippen molar-refractivity contribution in [1.82, 2.24) is 9.88 Å². The molecule has 0 amide bonds. The van der Waals surface area contributed by atoms with Gasteiger partial charge in [-0.15, -0.1) is 0 Å². The Bertz CT molecular complexity index is 715. The third kappa shape index (κ3) is 2.13. The van der Waals surface area contributed by atoms with E-state index >= 15 is 0 Å². The van der Waals surface area contributed by atoms with Crippen LogP contribution in [0.25, 0.3) is 21.8 Å². The lowest BCUT2D eigenvalue weighted by Crippen LogP contribution is -2.04. The predicted octanol–water partition coefficient (Wildman–Crippen LogP) is 3.44. The molecule has 0 radical (unpaired) electrons. The van der Waals surface area contributed by atoms with Crippen LogP contribution in [0.2, 0.25) is 0 Å². The molecule has 0 aliphatic carbocycles. The van der Waals surface area contributed by atoms with Gasteiger partial charge in [-0.3, -0.25) is 0 Å². The minimum Gasteiger partial charge on any atom is -0.340 e. The first-order valence-corrected chi connectivity index (χ1v) is 7.23. The third-order valence-electron chi connectivity index (χ3n) is 3.54. The molecular formula is C16H18N2S. The molecule has 98 valence electrons. The molecule has 1 aromatic heterocycles. The first kappa shape index (κ1) is 12.6. The number of para-hydroxylation sites is 1. The lowest BCUT2D eigenvalue weighted by Gasteiger charge is -2.05. The maximum absolute atomic E-state index is 4.38. The lowest BCUT2D eigenvalue weighted by molar-refractivity contribution is 0.817. The molecule has 0 fully saturated rings. The molecule has 0 unspecified atom stereocenters. The Morgan fingerprint density at radius 3 is 2.63 bits per heavy atom. The van der Waals surface area contributed by atoms with Crippen LogP contribution in [0.15, 0.2) is 42.5 Å². The summed E-state index contributed by atoms with van der Waals surface area (Å²) in [7, 11) is 1.98. The third-order valence-corrected chi connectivity index (χ3v) is 3.74.